The molecule has 4 aromatic carbocycles. The summed E-state index contributed by atoms with van der Waals surface area (Å²) in [5, 5.41) is 5.18. The summed E-state index contributed by atoms with van der Waals surface area (Å²) >= 11 is 0. The lowest BCUT2D eigenvalue weighted by Gasteiger charge is -2.30. The molecule has 6 heteroatoms. The number of nitrogens with one attached hydrogen (secondary N) is 2. The summed E-state index contributed by atoms with van der Waals surface area (Å²) < 4.78 is 6.27. The third-order valence-corrected chi connectivity index (χ3v) is 7.62. The number of piperidine rings is 1. The van der Waals surface area contributed by atoms with Gasteiger partial charge in [0, 0.05) is 29.1 Å². The van der Waals surface area contributed by atoms with Gasteiger partial charge in [-0.2, -0.15) is 0 Å². The molecule has 0 bridgehead atoms. The zero-order valence-corrected chi connectivity index (χ0v) is 20.8. The average Bonchev–Trinajstić information content (AvgIpc) is 2.89. The molecule has 184 valence electrons. The first kappa shape index (κ1) is 22.8. The van der Waals surface area contributed by atoms with Gasteiger partial charge in [0.1, 0.15) is 0 Å². The predicted octanol–water partition coefficient (Wildman–Crippen LogP) is 5.78. The van der Waals surface area contributed by atoms with Crippen molar-refractivity contribution in [3.05, 3.63) is 74.5 Å². The second kappa shape index (κ2) is 9.10. The Morgan fingerprint density at radius 1 is 0.972 bits per heavy atom. The van der Waals surface area contributed by atoms with E-state index in [9.17, 15) is 9.59 Å². The van der Waals surface area contributed by atoms with Gasteiger partial charge in [0.05, 0.1) is 21.8 Å². The van der Waals surface area contributed by atoms with Crippen molar-refractivity contribution in [2.75, 3.05) is 31.5 Å². The molecule has 0 amide bonds. The van der Waals surface area contributed by atoms with Crippen molar-refractivity contribution in [2.24, 2.45) is 5.92 Å². The quantitative estimate of drug-likeness (QED) is 0.189. The van der Waals surface area contributed by atoms with Gasteiger partial charge in [-0.25, -0.2) is 0 Å². The van der Waals surface area contributed by atoms with Gasteiger partial charge in [-0.1, -0.05) is 37.3 Å². The molecule has 0 atom stereocenters. The van der Waals surface area contributed by atoms with Crippen LogP contribution in [0.25, 0.3) is 43.7 Å². The summed E-state index contributed by atoms with van der Waals surface area (Å²) in [5.41, 5.74) is 4.06. The van der Waals surface area contributed by atoms with E-state index in [-0.39, 0.29) is 10.9 Å². The van der Waals surface area contributed by atoms with E-state index in [0.717, 1.165) is 43.1 Å². The van der Waals surface area contributed by atoms with E-state index in [1.807, 2.05) is 31.2 Å². The molecule has 1 aliphatic heterocycles. The van der Waals surface area contributed by atoms with Crippen LogP contribution < -0.4 is 16.2 Å². The zero-order valence-electron chi connectivity index (χ0n) is 20.8. The fourth-order valence-electron chi connectivity index (χ4n) is 5.50. The molecule has 36 heavy (non-hydrogen) atoms. The SMILES string of the molecule is Cc1ccc2[nH]c3c(cc(NCCCN4CCC(C)CC4)c4c(=O)c5ccccc5c(=O)c43)oc2c1. The molecule has 0 unspecified atom stereocenters. The number of rotatable bonds is 5. The summed E-state index contributed by atoms with van der Waals surface area (Å²) in [6.45, 7) is 8.37. The molecule has 1 aromatic heterocycles. The summed E-state index contributed by atoms with van der Waals surface area (Å²) in [6.07, 6.45) is 3.47. The molecule has 6 rings (SSSR count). The van der Waals surface area contributed by atoms with E-state index < -0.39 is 0 Å². The minimum Gasteiger partial charge on any atom is -0.453 e. The number of H-pyrrole nitrogens is 1. The Hall–Kier alpha value is -3.64. The number of aromatic nitrogens is 1. The minimum atomic E-state index is -0.158. The first-order valence-corrected chi connectivity index (χ1v) is 12.9. The number of hydrogen-bond donors (Lipinski definition) is 2. The second-order valence-corrected chi connectivity index (χ2v) is 10.3. The summed E-state index contributed by atoms with van der Waals surface area (Å²) in [4.78, 5) is 33.3. The highest BCUT2D eigenvalue weighted by atomic mass is 16.3. The number of anilines is 1. The van der Waals surface area contributed by atoms with Crippen LogP contribution in [0.5, 0.6) is 0 Å². The van der Waals surface area contributed by atoms with Crippen molar-refractivity contribution in [1.29, 1.82) is 0 Å². The average molecular weight is 482 g/mol. The van der Waals surface area contributed by atoms with Crippen molar-refractivity contribution in [1.82, 2.24) is 9.88 Å². The summed E-state index contributed by atoms with van der Waals surface area (Å²) in [6, 6.07) is 14.8. The van der Waals surface area contributed by atoms with Crippen molar-refractivity contribution in [3.8, 4) is 0 Å². The maximum absolute atomic E-state index is 13.7. The minimum absolute atomic E-state index is 0.132. The van der Waals surface area contributed by atoms with Gasteiger partial charge in [0.15, 0.2) is 22.0 Å². The Labute approximate surface area is 208 Å². The molecule has 2 heterocycles. The molecular weight excluding hydrogens is 450 g/mol. The highest BCUT2D eigenvalue weighted by molar-refractivity contribution is 6.14. The van der Waals surface area contributed by atoms with Crippen LogP contribution in [0.4, 0.5) is 5.69 Å². The fourth-order valence-corrected chi connectivity index (χ4v) is 5.50. The standard InChI is InChI=1S/C30H31N3O3/c1-18-10-14-33(15-11-18)13-5-12-31-23-17-25-28(32-22-9-8-19(2)16-24(22)36-25)27-26(23)29(34)20-6-3-4-7-21(20)30(27)35/h3-4,6-9,16-18,31-32H,5,10-15H2,1-2H3. The molecular formula is C30H31N3O3. The van der Waals surface area contributed by atoms with Crippen molar-refractivity contribution in [3.63, 3.8) is 0 Å². The first-order valence-electron chi connectivity index (χ1n) is 12.9. The number of hydrogen-bond acceptors (Lipinski definition) is 5. The Bertz CT molecular complexity index is 1730. The largest absolute Gasteiger partial charge is 0.453 e. The highest BCUT2D eigenvalue weighted by Crippen LogP contribution is 2.31. The number of nitrogens with zero attached hydrogens (tertiary/aromatic N) is 1. The van der Waals surface area contributed by atoms with E-state index >= 15 is 0 Å². The normalized spacial score (nSPS) is 15.4. The molecule has 5 aromatic rings. The molecule has 6 nitrogen and oxygen atoms in total. The molecule has 0 spiro atoms. The van der Waals surface area contributed by atoms with Gasteiger partial charge in [0.25, 0.3) is 0 Å². The van der Waals surface area contributed by atoms with E-state index in [2.05, 4.69) is 22.1 Å². The van der Waals surface area contributed by atoms with Crippen molar-refractivity contribution >= 4 is 49.4 Å². The Balaban J connectivity index is 1.47. The Morgan fingerprint density at radius 2 is 1.69 bits per heavy atom. The lowest BCUT2D eigenvalue weighted by Crippen LogP contribution is -2.34. The third-order valence-electron chi connectivity index (χ3n) is 7.62. The molecule has 1 aliphatic rings. The summed E-state index contributed by atoms with van der Waals surface area (Å²) in [5.74, 6) is 0.815. The van der Waals surface area contributed by atoms with E-state index in [0.29, 0.717) is 50.5 Å². The first-order chi connectivity index (χ1) is 17.5. The fraction of sp³-hybridized carbons (Fsp3) is 0.333. The van der Waals surface area contributed by atoms with Gasteiger partial charge in [-0.3, -0.25) is 9.59 Å². The van der Waals surface area contributed by atoms with Gasteiger partial charge in [-0.15, -0.1) is 0 Å². The van der Waals surface area contributed by atoms with Crippen LogP contribution in [-0.4, -0.2) is 36.1 Å². The number of benzene rings is 4. The van der Waals surface area contributed by atoms with Crippen LogP contribution in [0.1, 0.15) is 31.7 Å². The number of aromatic amines is 1. The molecule has 1 saturated heterocycles. The molecule has 0 radical (unpaired) electrons. The third kappa shape index (κ3) is 3.95. The smallest absolute Gasteiger partial charge is 0.196 e. The van der Waals surface area contributed by atoms with E-state index in [1.165, 1.54) is 12.8 Å². The zero-order chi connectivity index (χ0) is 24.8. The van der Waals surface area contributed by atoms with Crippen molar-refractivity contribution in [2.45, 2.75) is 33.1 Å². The van der Waals surface area contributed by atoms with Gasteiger partial charge in [0.2, 0.25) is 0 Å². The van der Waals surface area contributed by atoms with Crippen LogP contribution in [-0.2, 0) is 0 Å². The molecule has 2 N–H and O–H groups in total. The number of fused-ring (bicyclic) bond motifs is 5. The molecule has 0 aliphatic carbocycles. The Morgan fingerprint density at radius 3 is 2.44 bits per heavy atom. The Kier molecular flexibility index (Phi) is 5.76. The predicted molar refractivity (Wildman–Crippen MR) is 148 cm³/mol. The lowest BCUT2D eigenvalue weighted by molar-refractivity contribution is 0.192. The van der Waals surface area contributed by atoms with Crippen LogP contribution in [0.2, 0.25) is 0 Å². The highest BCUT2D eigenvalue weighted by Gasteiger charge is 2.19. The van der Waals surface area contributed by atoms with E-state index in [4.69, 9.17) is 4.42 Å². The van der Waals surface area contributed by atoms with E-state index in [1.54, 1.807) is 24.3 Å². The monoisotopic (exact) mass is 481 g/mol. The number of likely N-dealkylation sites (tertiary alicyclic amines) is 1. The van der Waals surface area contributed by atoms with Crippen molar-refractivity contribution < 1.29 is 4.42 Å². The lowest BCUT2D eigenvalue weighted by atomic mass is 9.99. The van der Waals surface area contributed by atoms with Crippen LogP contribution >= 0.6 is 0 Å². The van der Waals surface area contributed by atoms with Gasteiger partial charge in [-0.05, 0) is 69.4 Å². The van der Waals surface area contributed by atoms with Crippen LogP contribution in [0, 0.1) is 12.8 Å². The van der Waals surface area contributed by atoms with Crippen LogP contribution in [0.15, 0.2) is 62.5 Å². The summed E-state index contributed by atoms with van der Waals surface area (Å²) in [7, 11) is 0. The molecule has 0 saturated carbocycles. The van der Waals surface area contributed by atoms with Gasteiger partial charge >= 0.3 is 0 Å². The molecule has 1 fully saturated rings. The van der Waals surface area contributed by atoms with Gasteiger partial charge < -0.3 is 19.6 Å². The maximum atomic E-state index is 13.7. The topological polar surface area (TPSA) is 78.3 Å². The van der Waals surface area contributed by atoms with Crippen LogP contribution in [0.3, 0.4) is 0 Å². The second-order valence-electron chi connectivity index (χ2n) is 10.3. The number of aryl methyl sites for hydroxylation is 1. The maximum Gasteiger partial charge on any atom is 0.196 e.